The number of phenols is 1. The number of aliphatic hydroxyl groups is 1. The smallest absolute Gasteiger partial charge is 0.296 e. The first kappa shape index (κ1) is 38.2. The van der Waals surface area contributed by atoms with Crippen molar-refractivity contribution in [2.75, 3.05) is 19.5 Å². The van der Waals surface area contributed by atoms with E-state index in [1.807, 2.05) is 78.9 Å². The van der Waals surface area contributed by atoms with Crippen LogP contribution in [0.2, 0.25) is 0 Å². The van der Waals surface area contributed by atoms with Crippen LogP contribution >= 0.6 is 0 Å². The van der Waals surface area contributed by atoms with Gasteiger partial charge in [-0.3, -0.25) is 4.55 Å². The number of fused-ring (bicyclic) bond motifs is 2. The van der Waals surface area contributed by atoms with Gasteiger partial charge in [0.2, 0.25) is 0 Å². The maximum atomic E-state index is 12.0. The number of aryl methyl sites for hydroxylation is 1. The predicted octanol–water partition coefficient (Wildman–Crippen LogP) is 11.8. The largest absolute Gasteiger partial charge is 0.505 e. The summed E-state index contributed by atoms with van der Waals surface area (Å²) in [6.45, 7) is 1.34. The first-order valence-electron chi connectivity index (χ1n) is 17.4. The first-order valence-corrected chi connectivity index (χ1v) is 18.8. The first-order chi connectivity index (χ1) is 27.6. The van der Waals surface area contributed by atoms with E-state index in [2.05, 4.69) is 36.0 Å². The lowest BCUT2D eigenvalue weighted by Crippen LogP contribution is -1.99. The molecule has 15 heteroatoms. The van der Waals surface area contributed by atoms with Crippen molar-refractivity contribution in [1.29, 1.82) is 0 Å². The van der Waals surface area contributed by atoms with E-state index in [4.69, 9.17) is 9.47 Å². The van der Waals surface area contributed by atoms with Crippen LogP contribution in [0.3, 0.4) is 0 Å². The minimum atomic E-state index is -4.64. The molecule has 0 aliphatic heterocycles. The number of hydrogen-bond acceptors (Lipinski definition) is 13. The number of nitrogens with zero attached hydrogens (tertiary/aromatic N) is 6. The topological polar surface area (TPSA) is 199 Å². The number of hydrogen-bond donors (Lipinski definition) is 4. The lowest BCUT2D eigenvalue weighted by Gasteiger charge is -2.11. The summed E-state index contributed by atoms with van der Waals surface area (Å²) < 4.78 is 45.0. The highest BCUT2D eigenvalue weighted by molar-refractivity contribution is 7.86. The number of phenolic OH excluding ortho intramolecular Hbond substituents is 1. The zero-order chi connectivity index (χ0) is 40.1. The molecular formula is C42H35N7O7S. The molecule has 0 saturated carbocycles. The van der Waals surface area contributed by atoms with E-state index in [0.717, 1.165) is 22.8 Å². The quantitative estimate of drug-likeness (QED) is 0.0692. The maximum Gasteiger partial charge on any atom is 0.296 e. The Balaban J connectivity index is 1.18. The molecule has 0 heterocycles. The van der Waals surface area contributed by atoms with Crippen LogP contribution < -0.4 is 14.8 Å². The van der Waals surface area contributed by atoms with Crippen LogP contribution in [0.5, 0.6) is 17.2 Å². The Morgan fingerprint density at radius 1 is 0.596 bits per heavy atom. The number of ether oxygens (including phenoxy) is 2. The summed E-state index contributed by atoms with van der Waals surface area (Å²) in [5.41, 5.74) is 4.54. The molecule has 0 amide bonds. The molecule has 0 spiro atoms. The Labute approximate surface area is 327 Å². The Kier molecular flexibility index (Phi) is 11.0. The standard InChI is InChI=1S/C42H35N7O7S/c1-25-19-37(38(55-2)22-35(25)46-44-33-17-13-26(24-50)20-40(33)57(52,53)54)48-47-36-23-39(56-3)41(32-12-8-7-11-31(32)36)49-45-34-18-14-27-21-29(15-16-30(27)42(34)51)43-28-9-5-4-6-10-28/h4-23,43,50-51H,24H2,1-3H3,(H,52,53,54). The number of aliphatic hydroxyl groups excluding tert-OH is 1. The fourth-order valence-electron chi connectivity index (χ4n) is 6.08. The van der Waals surface area contributed by atoms with Crippen LogP contribution in [-0.4, -0.2) is 37.4 Å². The summed E-state index contributed by atoms with van der Waals surface area (Å²) in [5.74, 6) is 0.676. The van der Waals surface area contributed by atoms with Crippen LogP contribution in [0.4, 0.5) is 45.5 Å². The average molecular weight is 782 g/mol. The highest BCUT2D eigenvalue weighted by atomic mass is 32.2. The minimum absolute atomic E-state index is 0.00695. The van der Waals surface area contributed by atoms with Gasteiger partial charge in [0, 0.05) is 39.7 Å². The van der Waals surface area contributed by atoms with Gasteiger partial charge >= 0.3 is 0 Å². The predicted molar refractivity (Wildman–Crippen MR) is 218 cm³/mol. The third kappa shape index (κ3) is 8.30. The molecule has 0 unspecified atom stereocenters. The van der Waals surface area contributed by atoms with Crippen molar-refractivity contribution in [2.24, 2.45) is 30.7 Å². The fourth-order valence-corrected chi connectivity index (χ4v) is 6.76. The van der Waals surface area contributed by atoms with E-state index in [1.54, 1.807) is 31.2 Å². The molecule has 0 aromatic heterocycles. The van der Waals surface area contributed by atoms with E-state index in [0.29, 0.717) is 56.0 Å². The van der Waals surface area contributed by atoms with Gasteiger partial charge in [0.15, 0.2) is 5.75 Å². The molecule has 0 radical (unpaired) electrons. The lowest BCUT2D eigenvalue weighted by molar-refractivity contribution is 0.281. The van der Waals surface area contributed by atoms with Gasteiger partial charge < -0.3 is 25.0 Å². The number of rotatable bonds is 12. The van der Waals surface area contributed by atoms with Crippen molar-refractivity contribution in [1.82, 2.24) is 0 Å². The van der Waals surface area contributed by atoms with E-state index < -0.39 is 21.6 Å². The van der Waals surface area contributed by atoms with Gasteiger partial charge in [0.25, 0.3) is 10.1 Å². The monoisotopic (exact) mass is 781 g/mol. The van der Waals surface area contributed by atoms with Gasteiger partial charge in [-0.15, -0.1) is 25.6 Å². The van der Waals surface area contributed by atoms with Crippen LogP contribution in [0.1, 0.15) is 11.1 Å². The highest BCUT2D eigenvalue weighted by Gasteiger charge is 2.18. The minimum Gasteiger partial charge on any atom is -0.505 e. The van der Waals surface area contributed by atoms with E-state index in [-0.39, 0.29) is 22.7 Å². The molecule has 286 valence electrons. The van der Waals surface area contributed by atoms with Gasteiger partial charge in [-0.25, -0.2) is 0 Å². The van der Waals surface area contributed by atoms with Gasteiger partial charge in [0.1, 0.15) is 39.1 Å². The Morgan fingerprint density at radius 2 is 1.25 bits per heavy atom. The number of methoxy groups -OCH3 is 2. The number of aromatic hydroxyl groups is 1. The SMILES string of the molecule is COc1cc(N=Nc2ccc(CO)cc2S(=O)(=O)O)c(C)cc1N=Nc1cc(OC)c(N=Nc2ccc3cc(Nc4ccccc4)ccc3c2O)c2ccccc12. The molecule has 0 bridgehead atoms. The zero-order valence-electron chi connectivity index (χ0n) is 30.8. The van der Waals surface area contributed by atoms with Gasteiger partial charge in [0.05, 0.1) is 32.2 Å². The third-order valence-electron chi connectivity index (χ3n) is 8.98. The fraction of sp³-hybridized carbons (Fsp3) is 0.0952. The molecule has 0 aliphatic rings. The van der Waals surface area contributed by atoms with Crippen LogP contribution in [0.25, 0.3) is 21.5 Å². The van der Waals surface area contributed by atoms with E-state index in [9.17, 15) is 23.2 Å². The van der Waals surface area contributed by atoms with Crippen LogP contribution in [-0.2, 0) is 16.7 Å². The molecule has 0 atom stereocenters. The summed E-state index contributed by atoms with van der Waals surface area (Å²) in [6.07, 6.45) is 0. The van der Waals surface area contributed by atoms with Crippen molar-refractivity contribution in [2.45, 2.75) is 18.4 Å². The summed E-state index contributed by atoms with van der Waals surface area (Å²) in [5, 5.41) is 53.1. The van der Waals surface area contributed by atoms with E-state index in [1.165, 1.54) is 26.4 Å². The molecule has 57 heavy (non-hydrogen) atoms. The summed E-state index contributed by atoms with van der Waals surface area (Å²) in [4.78, 5) is -0.485. The maximum absolute atomic E-state index is 12.0. The Bertz CT molecular complexity index is 2850. The second-order valence-corrected chi connectivity index (χ2v) is 14.1. The number of azo groups is 3. The number of nitrogens with one attached hydrogen (secondary N) is 1. The van der Waals surface area contributed by atoms with Crippen LogP contribution in [0.15, 0.2) is 157 Å². The molecule has 14 nitrogen and oxygen atoms in total. The van der Waals surface area contributed by atoms with Crippen LogP contribution in [0, 0.1) is 6.92 Å². The summed E-state index contributed by atoms with van der Waals surface area (Å²) in [7, 11) is -1.67. The normalized spacial score (nSPS) is 12.0. The number of benzene rings is 7. The summed E-state index contributed by atoms with van der Waals surface area (Å²) in [6, 6.07) is 35.4. The molecule has 7 rings (SSSR count). The van der Waals surface area contributed by atoms with Gasteiger partial charge in [-0.1, -0.05) is 54.6 Å². The molecule has 0 fully saturated rings. The van der Waals surface area contributed by atoms with Crippen molar-refractivity contribution in [3.05, 3.63) is 132 Å². The lowest BCUT2D eigenvalue weighted by atomic mass is 10.1. The summed E-state index contributed by atoms with van der Waals surface area (Å²) >= 11 is 0. The number of para-hydroxylation sites is 1. The second-order valence-electron chi connectivity index (χ2n) is 12.7. The molecule has 0 aliphatic carbocycles. The third-order valence-corrected chi connectivity index (χ3v) is 9.87. The zero-order valence-corrected chi connectivity index (χ0v) is 31.6. The van der Waals surface area contributed by atoms with E-state index >= 15 is 0 Å². The molecule has 4 N–H and O–H groups in total. The number of anilines is 2. The average Bonchev–Trinajstić information content (AvgIpc) is 3.22. The molecule has 0 saturated heterocycles. The Hall–Kier alpha value is -7.07. The van der Waals surface area contributed by atoms with Crippen molar-refractivity contribution in [3.63, 3.8) is 0 Å². The van der Waals surface area contributed by atoms with Gasteiger partial charge in [-0.2, -0.15) is 13.5 Å². The second kappa shape index (κ2) is 16.3. The highest BCUT2D eigenvalue weighted by Crippen LogP contribution is 2.45. The molecule has 7 aromatic carbocycles. The van der Waals surface area contributed by atoms with Crippen molar-refractivity contribution >= 4 is 77.2 Å². The molecule has 7 aromatic rings. The van der Waals surface area contributed by atoms with Gasteiger partial charge in [-0.05, 0) is 78.0 Å². The molecular weight excluding hydrogens is 747 g/mol. The van der Waals surface area contributed by atoms with Crippen molar-refractivity contribution in [3.8, 4) is 17.2 Å². The van der Waals surface area contributed by atoms with Crippen molar-refractivity contribution < 1.29 is 32.7 Å². The Morgan fingerprint density at radius 3 is 1.98 bits per heavy atom.